The van der Waals surface area contributed by atoms with Crippen molar-refractivity contribution in [2.75, 3.05) is 4.90 Å². The number of aryl methyl sites for hydroxylation is 1. The minimum Gasteiger partial charge on any atom is -0.311 e. The van der Waals surface area contributed by atoms with Gasteiger partial charge >= 0.3 is 0 Å². The average molecular weight is 727 g/mol. The molecule has 2 heteroatoms. The summed E-state index contributed by atoms with van der Waals surface area (Å²) in [6, 6.07) is 77.4. The van der Waals surface area contributed by atoms with Crippen molar-refractivity contribution in [3.05, 3.63) is 218 Å². The molecule has 0 saturated heterocycles. The van der Waals surface area contributed by atoms with Crippen molar-refractivity contribution in [3.8, 4) is 44.5 Å². The van der Waals surface area contributed by atoms with Crippen molar-refractivity contribution < 1.29 is 0 Å². The maximum Gasteiger partial charge on any atom is 0.0620 e. The lowest BCUT2D eigenvalue weighted by atomic mass is 9.96. The van der Waals surface area contributed by atoms with Crippen LogP contribution in [0.25, 0.3) is 82.6 Å². The summed E-state index contributed by atoms with van der Waals surface area (Å²) in [6.45, 7) is 2.13. The van der Waals surface area contributed by atoms with E-state index in [1.54, 1.807) is 0 Å². The molecule has 0 aliphatic carbocycles. The molecule has 0 unspecified atom stereocenters. The summed E-state index contributed by atoms with van der Waals surface area (Å²) in [5, 5.41) is 5.22. The normalized spacial score (nSPS) is 11.6. The Bertz CT molecular complexity index is 3090. The van der Waals surface area contributed by atoms with E-state index in [0.717, 1.165) is 17.1 Å². The highest BCUT2D eigenvalue weighted by atomic mass is 15.1. The van der Waals surface area contributed by atoms with Gasteiger partial charge in [-0.15, -0.1) is 0 Å². The summed E-state index contributed by atoms with van der Waals surface area (Å²) in [4.78, 5) is 2.33. The highest BCUT2D eigenvalue weighted by Gasteiger charge is 2.19. The maximum absolute atomic E-state index is 2.44. The Kier molecular flexibility index (Phi) is 7.75. The number of hydrogen-bond donors (Lipinski definition) is 0. The quantitative estimate of drug-likeness (QED) is 0.159. The molecule has 0 N–H and O–H groups in total. The molecule has 9 aromatic carbocycles. The Balaban J connectivity index is 0.871. The van der Waals surface area contributed by atoms with Gasteiger partial charge in [-0.3, -0.25) is 0 Å². The Morgan fingerprint density at radius 1 is 0.298 bits per heavy atom. The number of fused-ring (bicyclic) bond motifs is 6. The Morgan fingerprint density at radius 3 is 1.07 bits per heavy atom. The van der Waals surface area contributed by atoms with Crippen LogP contribution in [0.15, 0.2) is 212 Å². The van der Waals surface area contributed by atoms with Gasteiger partial charge in [0.2, 0.25) is 0 Å². The van der Waals surface area contributed by atoms with Crippen LogP contribution in [-0.2, 0) is 0 Å². The summed E-state index contributed by atoms with van der Waals surface area (Å²) < 4.78 is 2.44. The van der Waals surface area contributed by atoms with Crippen molar-refractivity contribution in [3.63, 3.8) is 0 Å². The van der Waals surface area contributed by atoms with E-state index in [1.165, 1.54) is 88.2 Å². The SMILES string of the molecule is Cc1ccc(N(c2ccc(-c3ccccc3)cc2)c2ccc(-c3ccc(-c4ccc(-c5cc6c7ccccc7n7c8ccccc8c(c5)c67)cc4)cc3)cc2)cc1. The van der Waals surface area contributed by atoms with Crippen LogP contribution in [0, 0.1) is 6.92 Å². The van der Waals surface area contributed by atoms with Crippen LogP contribution in [0.3, 0.4) is 0 Å². The van der Waals surface area contributed by atoms with E-state index in [4.69, 9.17) is 0 Å². The monoisotopic (exact) mass is 726 g/mol. The maximum atomic E-state index is 2.44. The van der Waals surface area contributed by atoms with Gasteiger partial charge in [-0.2, -0.15) is 0 Å². The Morgan fingerprint density at radius 2 is 0.632 bits per heavy atom. The highest BCUT2D eigenvalue weighted by Crippen LogP contribution is 2.42. The molecular formula is C55H38N2. The van der Waals surface area contributed by atoms with Crippen LogP contribution in [0.1, 0.15) is 5.56 Å². The van der Waals surface area contributed by atoms with Gasteiger partial charge in [0.25, 0.3) is 0 Å². The van der Waals surface area contributed by atoms with E-state index in [0.29, 0.717) is 0 Å². The second-order valence-electron chi connectivity index (χ2n) is 15.1. The summed E-state index contributed by atoms with van der Waals surface area (Å²) in [6.07, 6.45) is 0. The lowest BCUT2D eigenvalue weighted by Gasteiger charge is -2.26. The van der Waals surface area contributed by atoms with Crippen molar-refractivity contribution in [2.24, 2.45) is 0 Å². The van der Waals surface area contributed by atoms with Crippen LogP contribution in [0.4, 0.5) is 17.1 Å². The molecular weight excluding hydrogens is 689 g/mol. The van der Waals surface area contributed by atoms with E-state index in [1.807, 2.05) is 0 Å². The second-order valence-corrected chi connectivity index (χ2v) is 15.1. The second kappa shape index (κ2) is 13.4. The summed E-state index contributed by atoms with van der Waals surface area (Å²) >= 11 is 0. The van der Waals surface area contributed by atoms with E-state index >= 15 is 0 Å². The topological polar surface area (TPSA) is 7.65 Å². The molecule has 2 aromatic heterocycles. The van der Waals surface area contributed by atoms with Crippen LogP contribution < -0.4 is 4.90 Å². The third kappa shape index (κ3) is 5.65. The molecule has 0 radical (unpaired) electrons. The first-order valence-electron chi connectivity index (χ1n) is 19.7. The van der Waals surface area contributed by atoms with Crippen LogP contribution >= 0.6 is 0 Å². The fraction of sp³-hybridized carbons (Fsp3) is 0.0182. The van der Waals surface area contributed by atoms with E-state index < -0.39 is 0 Å². The molecule has 0 fully saturated rings. The predicted molar refractivity (Wildman–Crippen MR) is 242 cm³/mol. The molecule has 0 aliphatic rings. The summed E-state index contributed by atoms with van der Waals surface area (Å²) in [7, 11) is 0. The molecule has 2 heterocycles. The Labute approximate surface area is 332 Å². The number of rotatable bonds is 7. The zero-order valence-electron chi connectivity index (χ0n) is 31.6. The van der Waals surface area contributed by atoms with Gasteiger partial charge in [0, 0.05) is 38.6 Å². The molecule has 0 saturated carbocycles. The van der Waals surface area contributed by atoms with Crippen LogP contribution in [-0.4, -0.2) is 4.40 Å². The molecule has 0 atom stereocenters. The molecule has 0 aliphatic heterocycles. The molecule has 11 aromatic rings. The van der Waals surface area contributed by atoms with Gasteiger partial charge in [0.1, 0.15) is 0 Å². The van der Waals surface area contributed by atoms with Crippen molar-refractivity contribution in [1.29, 1.82) is 0 Å². The standard InChI is InChI=1S/C55H38N2/c1-37-15-29-46(30-16-37)56(47-31-25-42(26-32-47)38-9-3-2-4-10-38)48-33-27-43(28-34-48)41-19-17-39(18-20-41)40-21-23-44(24-22-40)45-35-51-49-11-5-7-13-53(49)57-54-14-8-6-12-50(54)52(36-45)55(51)57/h2-36H,1H3. The zero-order valence-corrected chi connectivity index (χ0v) is 31.6. The van der Waals surface area contributed by atoms with Crippen molar-refractivity contribution >= 4 is 55.2 Å². The van der Waals surface area contributed by atoms with Crippen molar-refractivity contribution in [2.45, 2.75) is 6.92 Å². The lowest BCUT2D eigenvalue weighted by molar-refractivity contribution is 1.27. The van der Waals surface area contributed by atoms with Crippen molar-refractivity contribution in [1.82, 2.24) is 4.40 Å². The Hall–Kier alpha value is -7.42. The number of aromatic nitrogens is 1. The minimum atomic E-state index is 1.12. The molecule has 0 bridgehead atoms. The van der Waals surface area contributed by atoms with Crippen LogP contribution in [0.2, 0.25) is 0 Å². The molecule has 2 nitrogen and oxygen atoms in total. The van der Waals surface area contributed by atoms with Gasteiger partial charge in [-0.25, -0.2) is 0 Å². The van der Waals surface area contributed by atoms with Gasteiger partial charge in [0.15, 0.2) is 0 Å². The highest BCUT2D eigenvalue weighted by molar-refractivity contribution is 6.24. The largest absolute Gasteiger partial charge is 0.311 e. The fourth-order valence-electron chi connectivity index (χ4n) is 8.70. The number of para-hydroxylation sites is 2. The zero-order chi connectivity index (χ0) is 37.9. The molecule has 0 spiro atoms. The number of anilines is 3. The summed E-state index contributed by atoms with van der Waals surface area (Å²) in [5.74, 6) is 0. The third-order valence-electron chi connectivity index (χ3n) is 11.6. The van der Waals surface area contributed by atoms with Gasteiger partial charge in [-0.1, -0.05) is 157 Å². The molecule has 0 amide bonds. The number of benzene rings is 9. The minimum absolute atomic E-state index is 1.12. The van der Waals surface area contributed by atoms with Crippen LogP contribution in [0.5, 0.6) is 0 Å². The predicted octanol–water partition coefficient (Wildman–Crippen LogP) is 15.3. The third-order valence-corrected chi connectivity index (χ3v) is 11.6. The molecule has 268 valence electrons. The number of hydrogen-bond acceptors (Lipinski definition) is 1. The molecule has 57 heavy (non-hydrogen) atoms. The van der Waals surface area contributed by atoms with E-state index in [2.05, 4.69) is 229 Å². The first-order valence-corrected chi connectivity index (χ1v) is 19.7. The van der Waals surface area contributed by atoms with E-state index in [9.17, 15) is 0 Å². The number of nitrogens with zero attached hydrogens (tertiary/aromatic N) is 2. The van der Waals surface area contributed by atoms with Gasteiger partial charge in [0.05, 0.1) is 16.6 Å². The average Bonchev–Trinajstić information content (AvgIpc) is 3.80. The first kappa shape index (κ1) is 33.0. The van der Waals surface area contributed by atoms with E-state index in [-0.39, 0.29) is 0 Å². The fourth-order valence-corrected chi connectivity index (χ4v) is 8.70. The van der Waals surface area contributed by atoms with Gasteiger partial charge in [-0.05, 0) is 112 Å². The summed E-state index contributed by atoms with van der Waals surface area (Å²) in [5.41, 5.74) is 18.2. The first-order chi connectivity index (χ1) is 28.2. The molecule has 11 rings (SSSR count). The lowest BCUT2D eigenvalue weighted by Crippen LogP contribution is -2.09. The smallest absolute Gasteiger partial charge is 0.0620 e. The van der Waals surface area contributed by atoms with Gasteiger partial charge < -0.3 is 9.30 Å².